The Morgan fingerprint density at radius 2 is 1.89 bits per heavy atom. The number of aliphatic carboxylic acids is 1. The molecule has 4 aromatic rings. The third kappa shape index (κ3) is 3.49. The first kappa shape index (κ1) is 18.2. The van der Waals surface area contributed by atoms with Gasteiger partial charge in [-0.15, -0.1) is 11.3 Å². The minimum atomic E-state index is -1.27. The average molecular weight is 411 g/mol. The Morgan fingerprint density at radius 3 is 2.68 bits per heavy atom. The van der Waals surface area contributed by atoms with Crippen LogP contribution in [0.1, 0.15) is 10.5 Å². The van der Waals surface area contributed by atoms with Gasteiger partial charge in [-0.05, 0) is 18.2 Å². The predicted octanol–water partition coefficient (Wildman–Crippen LogP) is 3.42. The summed E-state index contributed by atoms with van der Waals surface area (Å²) < 4.78 is 1.42. The summed E-state index contributed by atoms with van der Waals surface area (Å²) in [5, 5.41) is 17.4. The van der Waals surface area contributed by atoms with E-state index < -0.39 is 18.4 Å². The molecule has 0 spiro atoms. The molecule has 2 aromatic carbocycles. The highest BCUT2D eigenvalue weighted by atomic mass is 35.5. The standard InChI is InChI=1S/C20H14ClN3O3S/c21-14-7-3-2-6-13(14)15-11-28-20(22-15)23-19(27)17-9-12-5-1-4-8-16(12)24(17)10-18(25)26/h1-9,11H,10H2,(H,25,26)(H,22,23,27)/p-1. The lowest BCUT2D eigenvalue weighted by atomic mass is 10.2. The van der Waals surface area contributed by atoms with E-state index in [4.69, 9.17) is 11.6 Å². The Balaban J connectivity index is 1.64. The second kappa shape index (κ2) is 7.46. The van der Waals surface area contributed by atoms with Crippen molar-refractivity contribution in [2.45, 2.75) is 6.54 Å². The van der Waals surface area contributed by atoms with E-state index in [0.29, 0.717) is 21.4 Å². The molecule has 140 valence electrons. The summed E-state index contributed by atoms with van der Waals surface area (Å²) in [7, 11) is 0. The van der Waals surface area contributed by atoms with Gasteiger partial charge in [0.1, 0.15) is 5.69 Å². The first-order valence-corrected chi connectivity index (χ1v) is 9.58. The van der Waals surface area contributed by atoms with E-state index in [1.165, 1.54) is 15.9 Å². The molecule has 28 heavy (non-hydrogen) atoms. The van der Waals surface area contributed by atoms with E-state index in [-0.39, 0.29) is 5.69 Å². The fraction of sp³-hybridized carbons (Fsp3) is 0.0500. The molecule has 8 heteroatoms. The Morgan fingerprint density at radius 1 is 1.14 bits per heavy atom. The smallest absolute Gasteiger partial charge is 0.274 e. The molecule has 2 heterocycles. The topological polar surface area (TPSA) is 87.0 Å². The normalized spacial score (nSPS) is 10.9. The molecule has 2 aromatic heterocycles. The van der Waals surface area contributed by atoms with Crippen LogP contribution in [0.25, 0.3) is 22.2 Å². The lowest BCUT2D eigenvalue weighted by molar-refractivity contribution is -0.306. The van der Waals surface area contributed by atoms with Crippen LogP contribution < -0.4 is 10.4 Å². The highest BCUT2D eigenvalue weighted by Crippen LogP contribution is 2.30. The summed E-state index contributed by atoms with van der Waals surface area (Å²) in [5.41, 5.74) is 2.29. The van der Waals surface area contributed by atoms with E-state index >= 15 is 0 Å². The largest absolute Gasteiger partial charge is 0.548 e. The summed E-state index contributed by atoms with van der Waals surface area (Å²) in [6.45, 7) is -0.418. The van der Waals surface area contributed by atoms with Crippen molar-refractivity contribution in [2.75, 3.05) is 5.32 Å². The van der Waals surface area contributed by atoms with Crippen LogP contribution in [-0.2, 0) is 11.3 Å². The van der Waals surface area contributed by atoms with E-state index in [9.17, 15) is 14.7 Å². The molecule has 0 saturated carbocycles. The Labute approximate surface area is 169 Å². The number of nitrogens with zero attached hydrogens (tertiary/aromatic N) is 2. The first-order chi connectivity index (χ1) is 13.5. The van der Waals surface area contributed by atoms with Crippen molar-refractivity contribution in [1.29, 1.82) is 0 Å². The van der Waals surface area contributed by atoms with Crippen LogP contribution in [-0.4, -0.2) is 21.4 Å². The van der Waals surface area contributed by atoms with Crippen molar-refractivity contribution >= 4 is 50.8 Å². The van der Waals surface area contributed by atoms with Gasteiger partial charge in [-0.3, -0.25) is 10.1 Å². The second-order valence-corrected chi connectivity index (χ2v) is 7.28. The third-order valence-corrected chi connectivity index (χ3v) is 5.29. The maximum Gasteiger partial charge on any atom is 0.274 e. The summed E-state index contributed by atoms with van der Waals surface area (Å²) in [5.74, 6) is -1.72. The van der Waals surface area contributed by atoms with Gasteiger partial charge >= 0.3 is 0 Å². The number of carboxylic acid groups (broad SMARTS) is 1. The highest BCUT2D eigenvalue weighted by Gasteiger charge is 2.17. The van der Waals surface area contributed by atoms with Gasteiger partial charge in [0.2, 0.25) is 0 Å². The van der Waals surface area contributed by atoms with Crippen LogP contribution in [0.4, 0.5) is 5.13 Å². The number of anilines is 1. The maximum atomic E-state index is 12.8. The molecule has 0 fully saturated rings. The van der Waals surface area contributed by atoms with Crippen LogP contribution >= 0.6 is 22.9 Å². The lowest BCUT2D eigenvalue weighted by Gasteiger charge is -2.10. The van der Waals surface area contributed by atoms with Gasteiger partial charge in [0.05, 0.1) is 18.2 Å². The monoisotopic (exact) mass is 410 g/mol. The van der Waals surface area contributed by atoms with E-state index in [2.05, 4.69) is 10.3 Å². The van der Waals surface area contributed by atoms with Gasteiger partial charge in [0, 0.05) is 26.9 Å². The number of carboxylic acids is 1. The third-order valence-electron chi connectivity index (χ3n) is 4.20. The SMILES string of the molecule is O=C([O-])Cn1c(C(=O)Nc2nc(-c3ccccc3Cl)cs2)cc2ccccc21. The van der Waals surface area contributed by atoms with E-state index in [1.807, 2.05) is 30.3 Å². The average Bonchev–Trinajstić information content (AvgIpc) is 3.27. The minimum Gasteiger partial charge on any atom is -0.548 e. The molecule has 0 bridgehead atoms. The van der Waals surface area contributed by atoms with Crippen molar-refractivity contribution < 1.29 is 14.7 Å². The number of carbonyl (C=O) groups is 2. The fourth-order valence-electron chi connectivity index (χ4n) is 2.98. The summed E-state index contributed by atoms with van der Waals surface area (Å²) >= 11 is 7.46. The van der Waals surface area contributed by atoms with Crippen molar-refractivity contribution in [3.05, 3.63) is 70.7 Å². The molecular formula is C20H13ClN3O3S-. The van der Waals surface area contributed by atoms with Gasteiger partial charge in [-0.25, -0.2) is 4.98 Å². The van der Waals surface area contributed by atoms with Crippen molar-refractivity contribution in [2.24, 2.45) is 0 Å². The van der Waals surface area contributed by atoms with Gasteiger partial charge in [-0.1, -0.05) is 48.0 Å². The minimum absolute atomic E-state index is 0.222. The number of aromatic nitrogens is 2. The highest BCUT2D eigenvalue weighted by molar-refractivity contribution is 7.14. The van der Waals surface area contributed by atoms with Crippen molar-refractivity contribution in [1.82, 2.24) is 9.55 Å². The Kier molecular flexibility index (Phi) is 4.85. The first-order valence-electron chi connectivity index (χ1n) is 8.33. The number of benzene rings is 2. The number of para-hydroxylation sites is 1. The molecule has 0 aliphatic heterocycles. The number of nitrogens with one attached hydrogen (secondary N) is 1. The maximum absolute atomic E-state index is 12.8. The summed E-state index contributed by atoms with van der Waals surface area (Å²) in [6, 6.07) is 16.1. The Bertz CT molecular complexity index is 1200. The zero-order valence-electron chi connectivity index (χ0n) is 14.4. The van der Waals surface area contributed by atoms with Gasteiger partial charge in [0.15, 0.2) is 5.13 Å². The zero-order valence-corrected chi connectivity index (χ0v) is 16.0. The second-order valence-electron chi connectivity index (χ2n) is 6.02. The molecule has 0 radical (unpaired) electrons. The predicted molar refractivity (Wildman–Crippen MR) is 107 cm³/mol. The molecular weight excluding hydrogens is 398 g/mol. The molecule has 0 unspecified atom stereocenters. The van der Waals surface area contributed by atoms with Crippen LogP contribution in [0.5, 0.6) is 0 Å². The van der Waals surface area contributed by atoms with Crippen LogP contribution in [0.15, 0.2) is 60.0 Å². The number of amides is 1. The zero-order chi connectivity index (χ0) is 19.7. The summed E-state index contributed by atoms with van der Waals surface area (Å²) in [4.78, 5) is 28.4. The van der Waals surface area contributed by atoms with Crippen LogP contribution in [0.2, 0.25) is 5.02 Å². The fourth-order valence-corrected chi connectivity index (χ4v) is 3.92. The molecule has 4 rings (SSSR count). The number of fused-ring (bicyclic) bond motifs is 1. The van der Waals surface area contributed by atoms with Crippen molar-refractivity contribution in [3.63, 3.8) is 0 Å². The molecule has 0 aliphatic rings. The quantitative estimate of drug-likeness (QED) is 0.546. The van der Waals surface area contributed by atoms with Gasteiger partial charge < -0.3 is 14.5 Å². The lowest BCUT2D eigenvalue weighted by Crippen LogP contribution is -2.29. The molecule has 1 amide bonds. The number of hydrogen-bond acceptors (Lipinski definition) is 5. The molecule has 6 nitrogen and oxygen atoms in total. The van der Waals surface area contributed by atoms with E-state index in [0.717, 1.165) is 10.9 Å². The van der Waals surface area contributed by atoms with E-state index in [1.54, 1.807) is 29.6 Å². The molecule has 0 aliphatic carbocycles. The number of hydrogen-bond donors (Lipinski definition) is 1. The molecule has 1 N–H and O–H groups in total. The number of rotatable bonds is 5. The summed E-state index contributed by atoms with van der Waals surface area (Å²) in [6.07, 6.45) is 0. The number of halogens is 1. The van der Waals surface area contributed by atoms with Gasteiger partial charge in [0.25, 0.3) is 5.91 Å². The van der Waals surface area contributed by atoms with Crippen LogP contribution in [0.3, 0.4) is 0 Å². The Hall–Kier alpha value is -3.16. The number of carbonyl (C=O) groups excluding carboxylic acids is 2. The molecule has 0 saturated heterocycles. The van der Waals surface area contributed by atoms with Crippen molar-refractivity contribution in [3.8, 4) is 11.3 Å². The van der Waals surface area contributed by atoms with Gasteiger partial charge in [-0.2, -0.15) is 0 Å². The number of thiazole rings is 1. The molecule has 0 atom stereocenters. The van der Waals surface area contributed by atoms with Crippen LogP contribution in [0, 0.1) is 0 Å².